The Morgan fingerprint density at radius 3 is 2.47 bits per heavy atom. The highest BCUT2D eigenvalue weighted by atomic mass is 19.4. The zero-order valence-electron chi connectivity index (χ0n) is 9.14. The van der Waals surface area contributed by atoms with Crippen molar-refractivity contribution >= 4 is 11.9 Å². The van der Waals surface area contributed by atoms with Gasteiger partial charge in [-0.15, -0.1) is 18.3 Å². The van der Waals surface area contributed by atoms with Crippen LogP contribution in [0.1, 0.15) is 10.4 Å². The van der Waals surface area contributed by atoms with Crippen LogP contribution >= 0.6 is 0 Å². The van der Waals surface area contributed by atoms with E-state index in [4.69, 9.17) is 0 Å². The van der Waals surface area contributed by atoms with Crippen molar-refractivity contribution in [3.05, 3.63) is 36.2 Å². The molecule has 0 radical (unpaired) electrons. The lowest BCUT2D eigenvalue weighted by Crippen LogP contribution is -2.17. The summed E-state index contributed by atoms with van der Waals surface area (Å²) in [6, 6.07) is 4.28. The van der Waals surface area contributed by atoms with E-state index in [9.17, 15) is 18.0 Å². The van der Waals surface area contributed by atoms with E-state index in [1.807, 2.05) is 0 Å². The van der Waals surface area contributed by atoms with Crippen LogP contribution in [0.25, 0.3) is 0 Å². The highest BCUT2D eigenvalue weighted by Gasteiger charge is 2.31. The van der Waals surface area contributed by atoms with Gasteiger partial charge in [-0.3, -0.25) is 10.1 Å². The summed E-state index contributed by atoms with van der Waals surface area (Å²) in [6.07, 6.45) is -3.75. The minimum absolute atomic E-state index is 0.111. The van der Waals surface area contributed by atoms with Crippen LogP contribution in [0.4, 0.5) is 19.2 Å². The first-order valence-corrected chi connectivity index (χ1v) is 4.87. The molecule has 0 spiro atoms. The molecule has 100 valence electrons. The van der Waals surface area contributed by atoms with Crippen molar-refractivity contribution < 1.29 is 27.1 Å². The number of carbonyl (C=O) groups excluding carboxylic acids is 1. The van der Waals surface area contributed by atoms with Crippen molar-refractivity contribution in [1.29, 1.82) is 0 Å². The van der Waals surface area contributed by atoms with E-state index in [0.29, 0.717) is 0 Å². The fourth-order valence-corrected chi connectivity index (χ4v) is 1.20. The molecule has 0 bridgehead atoms. The van der Waals surface area contributed by atoms with E-state index in [1.54, 1.807) is 0 Å². The Hall–Kier alpha value is -2.58. The van der Waals surface area contributed by atoms with Gasteiger partial charge in [-0.2, -0.15) is 0 Å². The van der Waals surface area contributed by atoms with Crippen LogP contribution in [0.3, 0.4) is 0 Å². The molecule has 0 unspecified atom stereocenters. The van der Waals surface area contributed by atoms with Crippen molar-refractivity contribution in [3.63, 3.8) is 0 Å². The average molecular weight is 273 g/mol. The molecule has 0 fully saturated rings. The van der Waals surface area contributed by atoms with Crippen LogP contribution in [-0.4, -0.2) is 22.5 Å². The summed E-state index contributed by atoms with van der Waals surface area (Å²) >= 11 is 0. The number of carbonyl (C=O) groups is 1. The topological polar surface area (TPSA) is 77.3 Å². The second kappa shape index (κ2) is 4.96. The van der Waals surface area contributed by atoms with Crippen LogP contribution in [0.2, 0.25) is 0 Å². The highest BCUT2D eigenvalue weighted by Crippen LogP contribution is 2.22. The van der Waals surface area contributed by atoms with Crippen molar-refractivity contribution in [2.45, 2.75) is 6.36 Å². The van der Waals surface area contributed by atoms with E-state index in [1.165, 1.54) is 12.1 Å². The average Bonchev–Trinajstić information content (AvgIpc) is 2.80. The Balaban J connectivity index is 2.04. The van der Waals surface area contributed by atoms with Gasteiger partial charge in [-0.25, -0.2) is 0 Å². The maximum absolute atomic E-state index is 11.9. The molecular weight excluding hydrogens is 267 g/mol. The van der Waals surface area contributed by atoms with Crippen LogP contribution in [0, 0.1) is 0 Å². The molecule has 2 rings (SSSR count). The molecule has 19 heavy (non-hydrogen) atoms. The third-order valence-electron chi connectivity index (χ3n) is 1.93. The molecular formula is C10H6F3N3O3. The summed E-state index contributed by atoms with van der Waals surface area (Å²) in [4.78, 5) is 11.6. The Morgan fingerprint density at radius 2 is 1.95 bits per heavy atom. The third kappa shape index (κ3) is 3.69. The first-order chi connectivity index (χ1) is 8.94. The Labute approximate surface area is 104 Å². The zero-order valence-corrected chi connectivity index (χ0v) is 9.14. The summed E-state index contributed by atoms with van der Waals surface area (Å²) in [7, 11) is 0. The van der Waals surface area contributed by atoms with E-state index in [0.717, 1.165) is 18.5 Å². The summed E-state index contributed by atoms with van der Waals surface area (Å²) in [5.41, 5.74) is 0.118. The molecule has 1 amide bonds. The minimum atomic E-state index is -4.77. The molecule has 9 heteroatoms. The molecule has 1 aromatic heterocycles. The highest BCUT2D eigenvalue weighted by molar-refractivity contribution is 6.03. The maximum atomic E-state index is 11.9. The molecule has 1 heterocycles. The first-order valence-electron chi connectivity index (χ1n) is 4.87. The summed E-state index contributed by atoms with van der Waals surface area (Å²) < 4.78 is 44.1. The Kier molecular flexibility index (Phi) is 3.36. The fraction of sp³-hybridized carbons (Fsp3) is 0.100. The number of benzene rings is 1. The van der Waals surface area contributed by atoms with Crippen LogP contribution in [-0.2, 0) is 0 Å². The van der Waals surface area contributed by atoms with Gasteiger partial charge in [0.25, 0.3) is 5.91 Å². The predicted octanol–water partition coefficient (Wildman–Crippen LogP) is 2.22. The summed E-state index contributed by atoms with van der Waals surface area (Å²) in [5.74, 6) is -1.01. The SMILES string of the molecule is O=C(Nc1nnco1)c1ccc(OC(F)(F)F)cc1. The van der Waals surface area contributed by atoms with Crippen molar-refractivity contribution in [3.8, 4) is 5.75 Å². The standard InChI is InChI=1S/C10H6F3N3O3/c11-10(12,13)19-7-3-1-6(2-4-7)8(17)15-9-16-14-5-18-9/h1-5H,(H,15,16,17). The second-order valence-corrected chi connectivity index (χ2v) is 3.27. The molecule has 0 atom stereocenters. The van der Waals surface area contributed by atoms with E-state index in [-0.39, 0.29) is 11.6 Å². The van der Waals surface area contributed by atoms with Crippen LogP contribution < -0.4 is 10.1 Å². The van der Waals surface area contributed by atoms with Gasteiger partial charge in [0.15, 0.2) is 0 Å². The van der Waals surface area contributed by atoms with Gasteiger partial charge in [0, 0.05) is 5.56 Å². The lowest BCUT2D eigenvalue weighted by molar-refractivity contribution is -0.274. The maximum Gasteiger partial charge on any atom is 0.573 e. The van der Waals surface area contributed by atoms with E-state index in [2.05, 4.69) is 24.7 Å². The number of hydrogen-bond donors (Lipinski definition) is 1. The first kappa shape index (κ1) is 12.9. The van der Waals surface area contributed by atoms with Gasteiger partial charge >= 0.3 is 12.4 Å². The number of amides is 1. The Bertz CT molecular complexity index is 552. The van der Waals surface area contributed by atoms with Crippen molar-refractivity contribution in [1.82, 2.24) is 10.2 Å². The molecule has 1 N–H and O–H groups in total. The zero-order chi connectivity index (χ0) is 13.9. The lowest BCUT2D eigenvalue weighted by atomic mass is 10.2. The molecule has 0 aliphatic carbocycles. The third-order valence-corrected chi connectivity index (χ3v) is 1.93. The van der Waals surface area contributed by atoms with Crippen molar-refractivity contribution in [2.75, 3.05) is 5.32 Å². The molecule has 0 aliphatic heterocycles. The minimum Gasteiger partial charge on any atom is -0.411 e. The number of halogens is 3. The molecule has 0 saturated carbocycles. The number of nitrogens with one attached hydrogen (secondary N) is 1. The van der Waals surface area contributed by atoms with Gasteiger partial charge in [0.05, 0.1) is 0 Å². The van der Waals surface area contributed by atoms with E-state index < -0.39 is 18.0 Å². The molecule has 6 nitrogen and oxygen atoms in total. The fourth-order valence-electron chi connectivity index (χ4n) is 1.20. The number of hydrogen-bond acceptors (Lipinski definition) is 5. The normalized spacial score (nSPS) is 11.1. The Morgan fingerprint density at radius 1 is 1.26 bits per heavy atom. The predicted molar refractivity (Wildman–Crippen MR) is 55.4 cm³/mol. The van der Waals surface area contributed by atoms with Gasteiger partial charge in [-0.1, -0.05) is 5.10 Å². The van der Waals surface area contributed by atoms with Gasteiger partial charge in [0.1, 0.15) is 5.75 Å². The second-order valence-electron chi connectivity index (χ2n) is 3.27. The number of nitrogens with zero attached hydrogens (tertiary/aromatic N) is 2. The lowest BCUT2D eigenvalue weighted by Gasteiger charge is -2.08. The van der Waals surface area contributed by atoms with Gasteiger partial charge in [0.2, 0.25) is 6.39 Å². The molecule has 0 saturated heterocycles. The molecule has 2 aromatic rings. The molecule has 1 aromatic carbocycles. The molecule has 0 aliphatic rings. The van der Waals surface area contributed by atoms with Crippen LogP contribution in [0.15, 0.2) is 35.1 Å². The number of aromatic nitrogens is 2. The monoisotopic (exact) mass is 273 g/mol. The summed E-state index contributed by atoms with van der Waals surface area (Å²) in [6.45, 7) is 0. The quantitative estimate of drug-likeness (QED) is 0.927. The van der Waals surface area contributed by atoms with Crippen molar-refractivity contribution in [2.24, 2.45) is 0 Å². The smallest absolute Gasteiger partial charge is 0.411 e. The summed E-state index contributed by atoms with van der Waals surface area (Å²) in [5, 5.41) is 9.04. The van der Waals surface area contributed by atoms with Gasteiger partial charge in [-0.05, 0) is 24.3 Å². The van der Waals surface area contributed by atoms with Crippen LogP contribution in [0.5, 0.6) is 5.75 Å². The number of alkyl halides is 3. The number of rotatable bonds is 3. The van der Waals surface area contributed by atoms with Gasteiger partial charge < -0.3 is 9.15 Å². The number of ether oxygens (including phenoxy) is 1. The van der Waals surface area contributed by atoms with E-state index >= 15 is 0 Å². The number of anilines is 1. The largest absolute Gasteiger partial charge is 0.573 e.